The van der Waals surface area contributed by atoms with E-state index in [9.17, 15) is 18.0 Å². The number of aliphatic carboxylic acids is 1. The van der Waals surface area contributed by atoms with E-state index in [-0.39, 0.29) is 17.6 Å². The summed E-state index contributed by atoms with van der Waals surface area (Å²) in [6, 6.07) is 3.69. The number of carboxylic acids is 1. The molecule has 0 unspecified atom stereocenters. The second kappa shape index (κ2) is 10.7. The molecule has 4 heterocycles. The van der Waals surface area contributed by atoms with Crippen molar-refractivity contribution >= 4 is 11.9 Å². The molecule has 3 aliphatic rings. The Labute approximate surface area is 184 Å². The highest BCUT2D eigenvalue weighted by atomic mass is 19.4. The Morgan fingerprint density at radius 1 is 1.19 bits per heavy atom. The summed E-state index contributed by atoms with van der Waals surface area (Å²) in [6.45, 7) is 6.17. The van der Waals surface area contributed by atoms with Gasteiger partial charge in [0.1, 0.15) is 5.76 Å². The third-order valence-electron chi connectivity index (χ3n) is 5.96. The standard InChI is InChI=1S/C19H28N2O4.C2HF3O2/c22-18(13-16-4-2-10-24-16)21-7-6-19(15-21)5-1-3-17(25-19)14-20-8-11-23-12-9-20;3-2(4,5)1(6)7/h2,4,10,17H,1,3,5-9,11-15H2;(H,6,7)/t17-,19-;/m1./s1. The molecule has 3 aliphatic heterocycles. The van der Waals surface area contributed by atoms with Gasteiger partial charge in [0.25, 0.3) is 0 Å². The van der Waals surface area contributed by atoms with Crippen LogP contribution in [-0.4, -0.2) is 90.6 Å². The molecule has 3 fully saturated rings. The van der Waals surface area contributed by atoms with E-state index < -0.39 is 12.1 Å². The Morgan fingerprint density at radius 3 is 2.53 bits per heavy atom. The van der Waals surface area contributed by atoms with Gasteiger partial charge in [-0.15, -0.1) is 0 Å². The van der Waals surface area contributed by atoms with Crippen LogP contribution in [0.15, 0.2) is 22.8 Å². The van der Waals surface area contributed by atoms with E-state index in [1.807, 2.05) is 17.0 Å². The number of amides is 1. The first-order valence-electron chi connectivity index (χ1n) is 10.8. The summed E-state index contributed by atoms with van der Waals surface area (Å²) in [7, 11) is 0. The molecule has 0 bridgehead atoms. The maximum atomic E-state index is 12.5. The Balaban J connectivity index is 0.000000360. The average Bonchev–Trinajstić information content (AvgIpc) is 3.39. The number of halogens is 3. The highest BCUT2D eigenvalue weighted by molar-refractivity contribution is 5.78. The smallest absolute Gasteiger partial charge is 0.475 e. The number of hydrogen-bond acceptors (Lipinski definition) is 6. The molecule has 1 aromatic heterocycles. The normalized spacial score (nSPS) is 26.6. The monoisotopic (exact) mass is 462 g/mol. The van der Waals surface area contributed by atoms with E-state index in [2.05, 4.69) is 4.90 Å². The van der Waals surface area contributed by atoms with Crippen molar-refractivity contribution in [2.75, 3.05) is 45.9 Å². The SMILES string of the molecule is O=C(Cc1ccco1)N1CC[C@]2(CCC[C@H](CN3CCOCC3)O2)C1.O=C(O)C(F)(F)F. The fourth-order valence-electron chi connectivity index (χ4n) is 4.36. The summed E-state index contributed by atoms with van der Waals surface area (Å²) in [5.41, 5.74) is -0.131. The summed E-state index contributed by atoms with van der Waals surface area (Å²) in [5, 5.41) is 7.12. The highest BCUT2D eigenvalue weighted by Crippen LogP contribution is 2.37. The zero-order valence-electron chi connectivity index (χ0n) is 17.8. The summed E-state index contributed by atoms with van der Waals surface area (Å²) >= 11 is 0. The molecule has 3 saturated heterocycles. The van der Waals surface area contributed by atoms with Gasteiger partial charge in [-0.25, -0.2) is 4.79 Å². The molecule has 11 heteroatoms. The lowest BCUT2D eigenvalue weighted by Crippen LogP contribution is -2.49. The van der Waals surface area contributed by atoms with E-state index in [4.69, 9.17) is 23.8 Å². The second-order valence-corrected chi connectivity index (χ2v) is 8.35. The number of rotatable bonds is 4. The van der Waals surface area contributed by atoms with Crippen molar-refractivity contribution in [3.8, 4) is 0 Å². The number of alkyl halides is 3. The first kappa shape index (κ1) is 24.5. The lowest BCUT2D eigenvalue weighted by atomic mass is 9.90. The van der Waals surface area contributed by atoms with E-state index in [1.165, 1.54) is 6.42 Å². The molecule has 180 valence electrons. The molecule has 0 saturated carbocycles. The van der Waals surface area contributed by atoms with Gasteiger partial charge in [0.2, 0.25) is 5.91 Å². The minimum Gasteiger partial charge on any atom is -0.475 e. The third kappa shape index (κ3) is 6.94. The second-order valence-electron chi connectivity index (χ2n) is 8.35. The van der Waals surface area contributed by atoms with E-state index in [0.29, 0.717) is 6.42 Å². The van der Waals surface area contributed by atoms with Crippen LogP contribution in [0.4, 0.5) is 13.2 Å². The van der Waals surface area contributed by atoms with Gasteiger partial charge in [-0.3, -0.25) is 9.69 Å². The predicted molar refractivity (Wildman–Crippen MR) is 106 cm³/mol. The van der Waals surface area contributed by atoms with Crippen molar-refractivity contribution in [1.82, 2.24) is 9.80 Å². The Hall–Kier alpha value is -2.11. The van der Waals surface area contributed by atoms with Gasteiger partial charge >= 0.3 is 12.1 Å². The number of carbonyl (C=O) groups excluding carboxylic acids is 1. The fraction of sp³-hybridized carbons (Fsp3) is 0.714. The highest BCUT2D eigenvalue weighted by Gasteiger charge is 2.44. The summed E-state index contributed by atoms with van der Waals surface area (Å²) in [4.78, 5) is 25.8. The Morgan fingerprint density at radius 2 is 1.91 bits per heavy atom. The van der Waals surface area contributed by atoms with Crippen LogP contribution < -0.4 is 0 Å². The van der Waals surface area contributed by atoms with Crippen LogP contribution in [0.25, 0.3) is 0 Å². The van der Waals surface area contributed by atoms with Crippen molar-refractivity contribution in [2.45, 2.75) is 50.0 Å². The lowest BCUT2D eigenvalue weighted by Gasteiger charge is -2.41. The van der Waals surface area contributed by atoms with Crippen LogP contribution in [0.3, 0.4) is 0 Å². The number of furan rings is 1. The van der Waals surface area contributed by atoms with Gasteiger partial charge < -0.3 is 23.9 Å². The topological polar surface area (TPSA) is 92.5 Å². The Bertz CT molecular complexity index is 751. The van der Waals surface area contributed by atoms with Crippen molar-refractivity contribution in [3.63, 3.8) is 0 Å². The zero-order valence-corrected chi connectivity index (χ0v) is 17.8. The average molecular weight is 462 g/mol. The largest absolute Gasteiger partial charge is 0.490 e. The molecule has 4 rings (SSSR count). The van der Waals surface area contributed by atoms with Crippen LogP contribution in [0.5, 0.6) is 0 Å². The quantitative estimate of drug-likeness (QED) is 0.734. The molecule has 0 aliphatic carbocycles. The maximum Gasteiger partial charge on any atom is 0.490 e. The van der Waals surface area contributed by atoms with E-state index >= 15 is 0 Å². The first-order valence-corrected chi connectivity index (χ1v) is 10.8. The first-order chi connectivity index (χ1) is 15.2. The zero-order chi connectivity index (χ0) is 23.2. The van der Waals surface area contributed by atoms with Gasteiger partial charge in [-0.1, -0.05) is 0 Å². The molecular formula is C21H29F3N2O6. The molecule has 0 aromatic carbocycles. The van der Waals surface area contributed by atoms with Crippen molar-refractivity contribution in [1.29, 1.82) is 0 Å². The van der Waals surface area contributed by atoms with Crippen LogP contribution in [0.2, 0.25) is 0 Å². The summed E-state index contributed by atoms with van der Waals surface area (Å²) < 4.78 is 49.0. The van der Waals surface area contributed by atoms with Crippen LogP contribution in [0, 0.1) is 0 Å². The molecule has 1 N–H and O–H groups in total. The van der Waals surface area contributed by atoms with E-state index in [0.717, 1.165) is 71.0 Å². The predicted octanol–water partition coefficient (Wildman–Crippen LogP) is 2.33. The lowest BCUT2D eigenvalue weighted by molar-refractivity contribution is -0.192. The summed E-state index contributed by atoms with van der Waals surface area (Å²) in [5.74, 6) is -1.88. The van der Waals surface area contributed by atoms with Gasteiger partial charge in [0.15, 0.2) is 0 Å². The van der Waals surface area contributed by atoms with Gasteiger partial charge in [-0.2, -0.15) is 13.2 Å². The number of hydrogen-bond donors (Lipinski definition) is 1. The van der Waals surface area contributed by atoms with Gasteiger partial charge in [-0.05, 0) is 37.8 Å². The molecule has 2 atom stereocenters. The van der Waals surface area contributed by atoms with Crippen molar-refractivity contribution < 1.29 is 41.8 Å². The van der Waals surface area contributed by atoms with Crippen molar-refractivity contribution in [2.24, 2.45) is 0 Å². The molecule has 1 aromatic rings. The number of carboxylic acid groups (broad SMARTS) is 1. The molecule has 8 nitrogen and oxygen atoms in total. The van der Waals surface area contributed by atoms with E-state index in [1.54, 1.807) is 6.26 Å². The molecule has 1 spiro atoms. The number of morpholine rings is 1. The van der Waals surface area contributed by atoms with Crippen molar-refractivity contribution in [3.05, 3.63) is 24.2 Å². The Kier molecular flexibility index (Phi) is 8.18. The minimum absolute atomic E-state index is 0.131. The van der Waals surface area contributed by atoms with Crippen LogP contribution in [0.1, 0.15) is 31.4 Å². The molecular weight excluding hydrogens is 433 g/mol. The summed E-state index contributed by atoms with van der Waals surface area (Å²) in [6.07, 6.45) is 1.50. The third-order valence-corrected chi connectivity index (χ3v) is 5.96. The fourth-order valence-corrected chi connectivity index (χ4v) is 4.36. The van der Waals surface area contributed by atoms with Crippen LogP contribution in [-0.2, 0) is 25.5 Å². The van der Waals surface area contributed by atoms with Gasteiger partial charge in [0.05, 0.1) is 37.6 Å². The number of nitrogens with zero attached hydrogens (tertiary/aromatic N) is 2. The number of likely N-dealkylation sites (tertiary alicyclic amines) is 1. The number of carbonyl (C=O) groups is 2. The molecule has 1 amide bonds. The number of ether oxygens (including phenoxy) is 2. The molecule has 0 radical (unpaired) electrons. The maximum absolute atomic E-state index is 12.5. The molecule has 32 heavy (non-hydrogen) atoms. The van der Waals surface area contributed by atoms with Gasteiger partial charge in [0, 0.05) is 32.7 Å². The van der Waals surface area contributed by atoms with Crippen LogP contribution >= 0.6 is 0 Å². The minimum atomic E-state index is -5.08.